The summed E-state index contributed by atoms with van der Waals surface area (Å²) in [6.07, 6.45) is 2.17. The van der Waals surface area contributed by atoms with E-state index in [4.69, 9.17) is 5.26 Å². The van der Waals surface area contributed by atoms with Crippen molar-refractivity contribution in [3.63, 3.8) is 0 Å². The Morgan fingerprint density at radius 3 is 2.64 bits per heavy atom. The molecule has 22 heavy (non-hydrogen) atoms. The standard InChI is InChI=1S/C17H19N3O2/c1-12-2-4-15(5-3-12)20-11-13(10-16(20)21)17(22)19(9-8-18)14-6-7-14/h2-5,13-14H,6-7,9-11H2,1H3/t13-/m0/s1. The minimum absolute atomic E-state index is 0.0186. The normalized spacial score (nSPS) is 20.8. The van der Waals surface area contributed by atoms with Gasteiger partial charge in [-0.15, -0.1) is 0 Å². The number of nitrogens with zero attached hydrogens (tertiary/aromatic N) is 3. The van der Waals surface area contributed by atoms with Crippen molar-refractivity contribution in [3.05, 3.63) is 29.8 Å². The van der Waals surface area contributed by atoms with Gasteiger partial charge in [-0.05, 0) is 31.9 Å². The lowest BCUT2D eigenvalue weighted by atomic mass is 10.1. The summed E-state index contributed by atoms with van der Waals surface area (Å²) in [6.45, 7) is 2.53. The van der Waals surface area contributed by atoms with Crippen LogP contribution in [0.25, 0.3) is 0 Å². The summed E-state index contributed by atoms with van der Waals surface area (Å²) in [6, 6.07) is 10.0. The predicted molar refractivity (Wildman–Crippen MR) is 82.0 cm³/mol. The van der Waals surface area contributed by atoms with E-state index >= 15 is 0 Å². The molecule has 3 rings (SSSR count). The number of hydrogen-bond acceptors (Lipinski definition) is 3. The highest BCUT2D eigenvalue weighted by molar-refractivity contribution is 6.00. The van der Waals surface area contributed by atoms with Crippen LogP contribution >= 0.6 is 0 Å². The third-order valence-electron chi connectivity index (χ3n) is 4.33. The summed E-state index contributed by atoms with van der Waals surface area (Å²) in [5.74, 6) is -0.398. The van der Waals surface area contributed by atoms with Gasteiger partial charge < -0.3 is 9.80 Å². The van der Waals surface area contributed by atoms with Crippen LogP contribution in [0.3, 0.4) is 0 Å². The maximum atomic E-state index is 12.6. The van der Waals surface area contributed by atoms with Gasteiger partial charge in [0.1, 0.15) is 6.54 Å². The molecule has 114 valence electrons. The summed E-state index contributed by atoms with van der Waals surface area (Å²) < 4.78 is 0. The molecule has 5 nitrogen and oxygen atoms in total. The van der Waals surface area contributed by atoms with Crippen LogP contribution in [0.1, 0.15) is 24.8 Å². The number of aryl methyl sites for hydroxylation is 1. The van der Waals surface area contributed by atoms with Crippen molar-refractivity contribution in [2.24, 2.45) is 5.92 Å². The minimum atomic E-state index is -0.331. The average molecular weight is 297 g/mol. The third kappa shape index (κ3) is 2.82. The van der Waals surface area contributed by atoms with Gasteiger partial charge in [0.2, 0.25) is 11.8 Å². The van der Waals surface area contributed by atoms with Gasteiger partial charge in [0.05, 0.1) is 12.0 Å². The maximum Gasteiger partial charge on any atom is 0.229 e. The quantitative estimate of drug-likeness (QED) is 0.797. The van der Waals surface area contributed by atoms with Crippen LogP contribution in [0, 0.1) is 24.2 Å². The number of amides is 2. The molecule has 0 spiro atoms. The van der Waals surface area contributed by atoms with Gasteiger partial charge in [-0.1, -0.05) is 17.7 Å². The molecule has 0 N–H and O–H groups in total. The molecule has 0 bridgehead atoms. The summed E-state index contributed by atoms with van der Waals surface area (Å²) in [5.41, 5.74) is 1.97. The largest absolute Gasteiger partial charge is 0.326 e. The molecule has 2 aliphatic rings. The first-order chi connectivity index (χ1) is 10.6. The zero-order chi connectivity index (χ0) is 15.7. The van der Waals surface area contributed by atoms with Crippen LogP contribution in [-0.2, 0) is 9.59 Å². The van der Waals surface area contributed by atoms with E-state index in [9.17, 15) is 9.59 Å². The summed E-state index contributed by atoms with van der Waals surface area (Å²) in [4.78, 5) is 28.1. The highest BCUT2D eigenvalue weighted by Crippen LogP contribution is 2.31. The van der Waals surface area contributed by atoms with Crippen molar-refractivity contribution in [2.45, 2.75) is 32.2 Å². The molecule has 1 aliphatic carbocycles. The van der Waals surface area contributed by atoms with E-state index < -0.39 is 0 Å². The minimum Gasteiger partial charge on any atom is -0.326 e. The van der Waals surface area contributed by atoms with Crippen LogP contribution in [0.15, 0.2) is 24.3 Å². The monoisotopic (exact) mass is 297 g/mol. The number of carbonyl (C=O) groups excluding carboxylic acids is 2. The highest BCUT2D eigenvalue weighted by Gasteiger charge is 2.41. The average Bonchev–Trinajstić information content (AvgIpc) is 3.27. The Bertz CT molecular complexity index is 628. The van der Waals surface area contributed by atoms with Crippen molar-refractivity contribution < 1.29 is 9.59 Å². The van der Waals surface area contributed by atoms with Gasteiger partial charge >= 0.3 is 0 Å². The lowest BCUT2D eigenvalue weighted by Crippen LogP contribution is -2.39. The number of carbonyl (C=O) groups is 2. The second-order valence-corrected chi connectivity index (χ2v) is 6.10. The molecule has 1 saturated heterocycles. The molecular formula is C17H19N3O2. The molecule has 1 aromatic rings. The highest BCUT2D eigenvalue weighted by atomic mass is 16.2. The lowest BCUT2D eigenvalue weighted by Gasteiger charge is -2.23. The zero-order valence-corrected chi connectivity index (χ0v) is 12.7. The third-order valence-corrected chi connectivity index (χ3v) is 4.33. The van der Waals surface area contributed by atoms with Crippen LogP contribution < -0.4 is 4.90 Å². The van der Waals surface area contributed by atoms with E-state index in [-0.39, 0.29) is 36.7 Å². The smallest absolute Gasteiger partial charge is 0.229 e. The molecule has 5 heteroatoms. The number of nitriles is 1. The molecule has 1 saturated carbocycles. The van der Waals surface area contributed by atoms with Crippen molar-refractivity contribution in [1.82, 2.24) is 4.90 Å². The van der Waals surface area contributed by atoms with Gasteiger partial charge in [-0.2, -0.15) is 5.26 Å². The zero-order valence-electron chi connectivity index (χ0n) is 12.7. The lowest BCUT2D eigenvalue weighted by molar-refractivity contribution is -0.135. The second-order valence-electron chi connectivity index (χ2n) is 6.10. The maximum absolute atomic E-state index is 12.6. The van der Waals surface area contributed by atoms with E-state index in [2.05, 4.69) is 6.07 Å². The van der Waals surface area contributed by atoms with E-state index in [0.717, 1.165) is 24.1 Å². The first kappa shape index (κ1) is 14.6. The number of rotatable bonds is 4. The fourth-order valence-corrected chi connectivity index (χ4v) is 2.93. The number of anilines is 1. The second kappa shape index (κ2) is 5.80. The Balaban J connectivity index is 1.72. The summed E-state index contributed by atoms with van der Waals surface area (Å²) >= 11 is 0. The molecule has 0 aromatic heterocycles. The Morgan fingerprint density at radius 2 is 2.05 bits per heavy atom. The van der Waals surface area contributed by atoms with Gasteiger partial charge in [-0.25, -0.2) is 0 Å². The molecular weight excluding hydrogens is 278 g/mol. The first-order valence-electron chi connectivity index (χ1n) is 7.64. The SMILES string of the molecule is Cc1ccc(N2C[C@@H](C(=O)N(CC#N)C3CC3)CC2=O)cc1. The molecule has 1 heterocycles. The molecule has 2 amide bonds. The van der Waals surface area contributed by atoms with Gasteiger partial charge in [0.25, 0.3) is 0 Å². The molecule has 0 unspecified atom stereocenters. The van der Waals surface area contributed by atoms with Crippen molar-refractivity contribution in [1.29, 1.82) is 5.26 Å². The van der Waals surface area contributed by atoms with Crippen LogP contribution in [0.2, 0.25) is 0 Å². The Labute approximate surface area is 130 Å². The van der Waals surface area contributed by atoms with E-state index in [0.29, 0.717) is 6.54 Å². The summed E-state index contributed by atoms with van der Waals surface area (Å²) in [7, 11) is 0. The van der Waals surface area contributed by atoms with E-state index in [1.54, 1.807) is 9.80 Å². The van der Waals surface area contributed by atoms with Crippen LogP contribution in [0.5, 0.6) is 0 Å². The molecule has 0 radical (unpaired) electrons. The fraction of sp³-hybridized carbons (Fsp3) is 0.471. The Hall–Kier alpha value is -2.35. The molecule has 1 atom stereocenters. The van der Waals surface area contributed by atoms with Crippen molar-refractivity contribution in [2.75, 3.05) is 18.0 Å². The fourth-order valence-electron chi connectivity index (χ4n) is 2.93. The van der Waals surface area contributed by atoms with Gasteiger partial charge in [-0.3, -0.25) is 9.59 Å². The Kier molecular flexibility index (Phi) is 3.84. The molecule has 1 aliphatic heterocycles. The van der Waals surface area contributed by atoms with E-state index in [1.807, 2.05) is 31.2 Å². The number of benzene rings is 1. The number of hydrogen-bond donors (Lipinski definition) is 0. The van der Waals surface area contributed by atoms with Crippen LogP contribution in [-0.4, -0.2) is 35.8 Å². The van der Waals surface area contributed by atoms with Crippen LogP contribution in [0.4, 0.5) is 5.69 Å². The topological polar surface area (TPSA) is 64.4 Å². The van der Waals surface area contributed by atoms with E-state index in [1.165, 1.54) is 0 Å². The molecule has 2 fully saturated rings. The van der Waals surface area contributed by atoms with Crippen molar-refractivity contribution in [3.8, 4) is 6.07 Å². The summed E-state index contributed by atoms with van der Waals surface area (Å²) in [5, 5.41) is 8.89. The first-order valence-corrected chi connectivity index (χ1v) is 7.64. The predicted octanol–water partition coefficient (Wildman–Crippen LogP) is 1.86. The molecule has 1 aromatic carbocycles. The van der Waals surface area contributed by atoms with Crippen molar-refractivity contribution >= 4 is 17.5 Å². The van der Waals surface area contributed by atoms with Gasteiger partial charge in [0, 0.05) is 24.7 Å². The van der Waals surface area contributed by atoms with Gasteiger partial charge in [0.15, 0.2) is 0 Å². The Morgan fingerprint density at radius 1 is 1.36 bits per heavy atom.